The highest BCUT2D eigenvalue weighted by Crippen LogP contribution is 2.36. The van der Waals surface area contributed by atoms with Crippen LogP contribution in [-0.4, -0.2) is 160 Å². The van der Waals surface area contributed by atoms with E-state index in [9.17, 15) is 29.1 Å². The number of aryl methyl sites for hydroxylation is 2. The Bertz CT molecular complexity index is 2920. The summed E-state index contributed by atoms with van der Waals surface area (Å²) in [6, 6.07) is 22.9. The fourth-order valence-electron chi connectivity index (χ4n) is 12.2. The van der Waals surface area contributed by atoms with E-state index in [1.165, 1.54) is 30.9 Å². The van der Waals surface area contributed by atoms with Gasteiger partial charge in [0.25, 0.3) is 11.8 Å². The van der Waals surface area contributed by atoms with Crippen molar-refractivity contribution in [3.8, 4) is 22.4 Å². The summed E-state index contributed by atoms with van der Waals surface area (Å²) in [6.07, 6.45) is 10.4. The number of likely N-dealkylation sites (tertiary alicyclic amines) is 1. The molecule has 0 saturated carbocycles. The molecule has 7 heterocycles. The van der Waals surface area contributed by atoms with Gasteiger partial charge in [0.05, 0.1) is 34.8 Å². The van der Waals surface area contributed by atoms with Crippen LogP contribution in [0.4, 0.5) is 15.9 Å². The molecule has 2 aromatic heterocycles. The van der Waals surface area contributed by atoms with Crippen molar-refractivity contribution in [2.45, 2.75) is 96.9 Å². The predicted octanol–water partition coefficient (Wildman–Crippen LogP) is 7.00. The number of carbonyl (C=O) groups excluding carboxylic acids is 5. The van der Waals surface area contributed by atoms with Crippen LogP contribution in [0.1, 0.15) is 110 Å². The van der Waals surface area contributed by atoms with E-state index in [1.807, 2.05) is 15.5 Å². The first-order valence-corrected chi connectivity index (χ1v) is 27.9. The predicted molar refractivity (Wildman–Crippen MR) is 291 cm³/mol. The van der Waals surface area contributed by atoms with Crippen LogP contribution in [0.5, 0.6) is 0 Å². The third-order valence-electron chi connectivity index (χ3n) is 16.5. The minimum absolute atomic E-state index is 0.0190. The van der Waals surface area contributed by atoms with Crippen LogP contribution in [0.25, 0.3) is 28.0 Å². The van der Waals surface area contributed by atoms with Crippen LogP contribution in [0.3, 0.4) is 0 Å². The molecule has 5 aliphatic rings. The van der Waals surface area contributed by atoms with E-state index in [-0.39, 0.29) is 42.2 Å². The van der Waals surface area contributed by atoms with Crippen molar-refractivity contribution >= 4 is 46.7 Å². The number of β-amino-alcohol motifs (C(OH)–C–C–N with tert-alkyl or cyclic N) is 1. The Labute approximate surface area is 445 Å². The molecule has 5 aromatic rings. The van der Waals surface area contributed by atoms with E-state index in [4.69, 9.17) is 10.1 Å². The monoisotopic (exact) mass is 1040 g/mol. The zero-order valence-electron chi connectivity index (χ0n) is 44.2. The van der Waals surface area contributed by atoms with Gasteiger partial charge in [-0.25, -0.2) is 9.37 Å². The fourth-order valence-corrected chi connectivity index (χ4v) is 12.2. The molecule has 16 nitrogen and oxygen atoms in total. The number of piperidine rings is 2. The Morgan fingerprint density at radius 3 is 2.18 bits per heavy atom. The number of imide groups is 2. The number of aliphatic hydroxyl groups is 1. The van der Waals surface area contributed by atoms with Crippen molar-refractivity contribution < 1.29 is 33.5 Å². The van der Waals surface area contributed by atoms with Gasteiger partial charge in [0.2, 0.25) is 17.7 Å². The second-order valence-electron chi connectivity index (χ2n) is 21.8. The number of aromatic nitrogens is 3. The Balaban J connectivity index is 0.630. The number of nitrogens with one attached hydrogen (secondary N) is 1. The van der Waals surface area contributed by atoms with Crippen molar-refractivity contribution in [3.63, 3.8) is 0 Å². The second-order valence-corrected chi connectivity index (χ2v) is 21.8. The summed E-state index contributed by atoms with van der Waals surface area (Å²) in [7, 11) is 0. The SMILES string of the molecule is Cc1nn2c(N3CCN(CCO)CC3)cc(-c3ccccc3)nc2c1-c1cccc(CCCCCCCC(C)CC(=O)N2CCC(CN3CCN(c4cc5c(cc4F)C(=O)N(C4CCC(=O)NC4=O)C5=O)CC3)CC2)c1. The van der Waals surface area contributed by atoms with Gasteiger partial charge in [0.15, 0.2) is 5.65 Å². The van der Waals surface area contributed by atoms with Crippen LogP contribution >= 0.6 is 0 Å². The maximum atomic E-state index is 15.5. The quantitative estimate of drug-likeness (QED) is 0.0644. The first-order chi connectivity index (χ1) is 36.9. The Hall–Kier alpha value is -6.56. The molecule has 0 bridgehead atoms. The van der Waals surface area contributed by atoms with Crippen LogP contribution in [0.2, 0.25) is 0 Å². The highest BCUT2D eigenvalue weighted by atomic mass is 19.1. The molecule has 5 aliphatic heterocycles. The number of carbonyl (C=O) groups is 5. The smallest absolute Gasteiger partial charge is 0.262 e. The van der Waals surface area contributed by atoms with E-state index in [2.05, 4.69) is 93.4 Å². The van der Waals surface area contributed by atoms with Gasteiger partial charge in [0, 0.05) is 109 Å². The van der Waals surface area contributed by atoms with E-state index in [0.717, 1.165) is 148 Å². The number of piperazine rings is 2. The lowest BCUT2D eigenvalue weighted by molar-refractivity contribution is -0.136. The average Bonchev–Trinajstić information content (AvgIpc) is 3.89. The van der Waals surface area contributed by atoms with Crippen molar-refractivity contribution in [2.75, 3.05) is 94.9 Å². The summed E-state index contributed by atoms with van der Waals surface area (Å²) in [4.78, 5) is 81.3. The Morgan fingerprint density at radius 1 is 0.763 bits per heavy atom. The van der Waals surface area contributed by atoms with Gasteiger partial charge in [-0.3, -0.25) is 44.0 Å². The van der Waals surface area contributed by atoms with Gasteiger partial charge in [-0.05, 0) is 74.1 Å². The number of fused-ring (bicyclic) bond motifs is 2. The number of benzene rings is 3. The standard InChI is InChI=1S/C59H73FN10O6/c1-40(34-54(73)68-22-20-43(21-23-68)39-65-26-28-66(29-27-65)51-37-47-46(36-48(51)60)58(75)69(59(47)76)50-18-19-52(72)62-57(50)74)12-7-4-3-5-8-13-42-14-11-17-45(35-42)55-41(2)63-70-53(67-30-24-64(25-31-67)32-33-71)38-49(61-56(55)70)44-15-9-6-10-16-44/h6,9-11,14-17,35-38,40,43,50,71H,3-5,7-8,12-13,18-34,39H2,1-2H3,(H,62,72,74). The maximum absolute atomic E-state index is 15.5. The average molecular weight is 1040 g/mol. The highest BCUT2D eigenvalue weighted by molar-refractivity contribution is 6.23. The van der Waals surface area contributed by atoms with E-state index >= 15 is 4.39 Å². The molecule has 3 aromatic carbocycles. The number of hydrogen-bond donors (Lipinski definition) is 2. The zero-order chi connectivity index (χ0) is 52.9. The number of rotatable bonds is 19. The molecule has 76 heavy (non-hydrogen) atoms. The number of halogens is 1. The summed E-state index contributed by atoms with van der Waals surface area (Å²) in [5, 5.41) is 16.8. The first kappa shape index (κ1) is 52.9. The summed E-state index contributed by atoms with van der Waals surface area (Å²) >= 11 is 0. The van der Waals surface area contributed by atoms with Crippen LogP contribution in [0, 0.1) is 24.6 Å². The molecule has 0 aliphatic carbocycles. The minimum Gasteiger partial charge on any atom is -0.395 e. The van der Waals surface area contributed by atoms with E-state index < -0.39 is 35.5 Å². The topological polar surface area (TPSA) is 167 Å². The number of aliphatic hydroxyl groups excluding tert-OH is 1. The lowest BCUT2D eigenvalue weighted by atomic mass is 9.94. The molecule has 17 heteroatoms. The summed E-state index contributed by atoms with van der Waals surface area (Å²) in [5.41, 5.74) is 7.65. The molecule has 4 fully saturated rings. The van der Waals surface area contributed by atoms with Crippen LogP contribution in [-0.2, 0) is 20.8 Å². The summed E-state index contributed by atoms with van der Waals surface area (Å²) < 4.78 is 17.6. The van der Waals surface area contributed by atoms with Crippen LogP contribution in [0.15, 0.2) is 72.8 Å². The van der Waals surface area contributed by atoms with Gasteiger partial charge in [0.1, 0.15) is 17.7 Å². The minimum atomic E-state index is -1.10. The zero-order valence-corrected chi connectivity index (χ0v) is 44.2. The van der Waals surface area contributed by atoms with Crippen molar-refractivity contribution in [1.82, 2.24) is 39.5 Å². The third-order valence-corrected chi connectivity index (χ3v) is 16.5. The van der Waals surface area contributed by atoms with Gasteiger partial charge in [-0.1, -0.05) is 93.6 Å². The van der Waals surface area contributed by atoms with Gasteiger partial charge in [-0.2, -0.15) is 9.61 Å². The molecule has 5 amide bonds. The number of anilines is 2. The summed E-state index contributed by atoms with van der Waals surface area (Å²) in [5.74, 6) is -0.953. The number of hydrogen-bond acceptors (Lipinski definition) is 12. The molecule has 0 radical (unpaired) electrons. The lowest BCUT2D eigenvalue weighted by Gasteiger charge is -2.40. The number of nitrogens with zero attached hydrogens (tertiary/aromatic N) is 9. The third kappa shape index (κ3) is 11.7. The van der Waals surface area contributed by atoms with E-state index in [1.54, 1.807) is 0 Å². The van der Waals surface area contributed by atoms with E-state index in [0.29, 0.717) is 37.9 Å². The largest absolute Gasteiger partial charge is 0.395 e. The van der Waals surface area contributed by atoms with Gasteiger partial charge >= 0.3 is 0 Å². The molecule has 10 rings (SSSR count). The van der Waals surface area contributed by atoms with Crippen molar-refractivity contribution in [2.24, 2.45) is 11.8 Å². The highest BCUT2D eigenvalue weighted by Gasteiger charge is 2.45. The molecule has 0 spiro atoms. The number of unbranched alkanes of at least 4 members (excludes halogenated alkanes) is 4. The molecular weight excluding hydrogens is 964 g/mol. The van der Waals surface area contributed by atoms with Crippen molar-refractivity contribution in [1.29, 1.82) is 0 Å². The van der Waals surface area contributed by atoms with Crippen molar-refractivity contribution in [3.05, 3.63) is 101 Å². The molecule has 402 valence electrons. The lowest BCUT2D eigenvalue weighted by Crippen LogP contribution is -2.54. The molecule has 2 unspecified atom stereocenters. The Kier molecular flexibility index (Phi) is 16.5. The molecule has 2 N–H and O–H groups in total. The van der Waals surface area contributed by atoms with Gasteiger partial charge < -0.3 is 19.8 Å². The molecule has 4 saturated heterocycles. The second kappa shape index (κ2) is 23.8. The molecule has 2 atom stereocenters. The summed E-state index contributed by atoms with van der Waals surface area (Å²) in [6.45, 7) is 13.7. The maximum Gasteiger partial charge on any atom is 0.262 e. The Morgan fingerprint density at radius 2 is 1.45 bits per heavy atom. The number of amides is 5. The van der Waals surface area contributed by atoms with Gasteiger partial charge in [-0.15, -0.1) is 0 Å². The first-order valence-electron chi connectivity index (χ1n) is 27.9. The molecular formula is C59H73FN10O6. The van der Waals surface area contributed by atoms with Crippen LogP contribution < -0.4 is 15.1 Å². The fraction of sp³-hybridized carbons (Fsp3) is 0.508. The normalized spacial score (nSPS) is 19.5.